The Hall–Kier alpha value is -0.590. The Morgan fingerprint density at radius 2 is 1.94 bits per heavy atom. The lowest BCUT2D eigenvalue weighted by molar-refractivity contribution is -0.125. The molecule has 6 atom stereocenters. The van der Waals surface area contributed by atoms with Gasteiger partial charge in [0.2, 0.25) is 0 Å². The van der Waals surface area contributed by atoms with Crippen molar-refractivity contribution in [2.45, 2.75) is 70.2 Å². The van der Waals surface area contributed by atoms with Crippen LogP contribution in [0.15, 0.2) is 0 Å². The second-order valence-electron chi connectivity index (χ2n) is 6.84. The van der Waals surface area contributed by atoms with Crippen LogP contribution >= 0.6 is 0 Å². The number of hydrogen-bond acceptors (Lipinski definition) is 3. The number of ether oxygens (including phenoxy) is 1. The van der Waals surface area contributed by atoms with Crippen molar-refractivity contribution >= 4 is 0 Å². The lowest BCUT2D eigenvalue weighted by atomic mass is 9.56. The molecule has 3 fully saturated rings. The highest BCUT2D eigenvalue weighted by Gasteiger charge is 2.64. The molecule has 2 aliphatic heterocycles. The van der Waals surface area contributed by atoms with Crippen molar-refractivity contribution in [3.8, 4) is 6.07 Å². The van der Waals surface area contributed by atoms with Crippen LogP contribution in [0.3, 0.4) is 0 Å². The van der Waals surface area contributed by atoms with Crippen LogP contribution in [0, 0.1) is 28.6 Å². The molecule has 6 unspecified atom stereocenters. The maximum absolute atomic E-state index is 11.1. The van der Waals surface area contributed by atoms with E-state index in [0.29, 0.717) is 11.8 Å². The second kappa shape index (κ2) is 3.95. The van der Waals surface area contributed by atoms with Crippen LogP contribution < -0.4 is 0 Å². The molecule has 0 aromatic rings. The van der Waals surface area contributed by atoms with Gasteiger partial charge in [-0.15, -0.1) is 0 Å². The molecule has 1 aliphatic carbocycles. The molecule has 2 bridgehead atoms. The fourth-order valence-corrected chi connectivity index (χ4v) is 4.41. The van der Waals surface area contributed by atoms with Crippen LogP contribution in [0.4, 0.5) is 0 Å². The summed E-state index contributed by atoms with van der Waals surface area (Å²) in [4.78, 5) is 0. The van der Waals surface area contributed by atoms with Gasteiger partial charge in [0.15, 0.2) is 0 Å². The Morgan fingerprint density at radius 3 is 2.44 bits per heavy atom. The summed E-state index contributed by atoms with van der Waals surface area (Å²) in [6, 6.07) is 2.48. The van der Waals surface area contributed by atoms with Crippen molar-refractivity contribution in [1.82, 2.24) is 0 Å². The standard InChI is InChI=1S/C15H23NO2/c1-10-5-6-15(17,7-11(10)2)14(9-16)8-12-3-4-13(14)18-12/h10-13,17H,3-8H2,1-2H3. The molecule has 0 spiro atoms. The molecule has 0 aromatic heterocycles. The fraction of sp³-hybridized carbons (Fsp3) is 0.933. The Bertz CT molecular complexity index is 390. The van der Waals surface area contributed by atoms with E-state index in [4.69, 9.17) is 4.74 Å². The summed E-state index contributed by atoms with van der Waals surface area (Å²) >= 11 is 0. The number of hydrogen-bond donors (Lipinski definition) is 1. The molecule has 0 amide bonds. The third-order valence-electron chi connectivity index (χ3n) is 5.88. The van der Waals surface area contributed by atoms with Gasteiger partial charge in [0, 0.05) is 0 Å². The van der Waals surface area contributed by atoms with Gasteiger partial charge in [0.25, 0.3) is 0 Å². The number of rotatable bonds is 1. The first-order valence-electron chi connectivity index (χ1n) is 7.30. The molecule has 0 aromatic carbocycles. The molecule has 18 heavy (non-hydrogen) atoms. The van der Waals surface area contributed by atoms with E-state index in [1.165, 1.54) is 0 Å². The van der Waals surface area contributed by atoms with Gasteiger partial charge in [-0.05, 0) is 50.4 Å². The van der Waals surface area contributed by atoms with Gasteiger partial charge in [-0.3, -0.25) is 0 Å². The monoisotopic (exact) mass is 249 g/mol. The van der Waals surface area contributed by atoms with Gasteiger partial charge in [-0.1, -0.05) is 13.8 Å². The molecule has 2 heterocycles. The van der Waals surface area contributed by atoms with Gasteiger partial charge < -0.3 is 9.84 Å². The fourth-order valence-electron chi connectivity index (χ4n) is 4.41. The summed E-state index contributed by atoms with van der Waals surface area (Å²) in [6.07, 6.45) is 5.49. The number of aliphatic hydroxyl groups is 1. The zero-order chi connectivity index (χ0) is 13.0. The smallest absolute Gasteiger partial charge is 0.114 e. The minimum Gasteiger partial charge on any atom is -0.388 e. The zero-order valence-corrected chi connectivity index (χ0v) is 11.4. The highest BCUT2D eigenvalue weighted by molar-refractivity contribution is 5.21. The quantitative estimate of drug-likeness (QED) is 0.777. The van der Waals surface area contributed by atoms with Gasteiger partial charge >= 0.3 is 0 Å². The van der Waals surface area contributed by atoms with E-state index in [0.717, 1.165) is 38.5 Å². The summed E-state index contributed by atoms with van der Waals surface area (Å²) in [5.74, 6) is 1.15. The Labute approximate surface area is 109 Å². The van der Waals surface area contributed by atoms with Crippen molar-refractivity contribution in [1.29, 1.82) is 5.26 Å². The predicted octanol–water partition coefficient (Wildman–Crippen LogP) is 2.63. The van der Waals surface area contributed by atoms with Gasteiger partial charge in [-0.2, -0.15) is 5.26 Å². The van der Waals surface area contributed by atoms with E-state index in [-0.39, 0.29) is 12.2 Å². The summed E-state index contributed by atoms with van der Waals surface area (Å²) in [7, 11) is 0. The third kappa shape index (κ3) is 1.49. The second-order valence-corrected chi connectivity index (χ2v) is 6.84. The molecule has 3 nitrogen and oxygen atoms in total. The summed E-state index contributed by atoms with van der Waals surface area (Å²) in [5, 5.41) is 20.8. The van der Waals surface area contributed by atoms with Crippen molar-refractivity contribution in [2.24, 2.45) is 17.3 Å². The lowest BCUT2D eigenvalue weighted by Crippen LogP contribution is -2.56. The highest BCUT2D eigenvalue weighted by Crippen LogP contribution is 2.58. The van der Waals surface area contributed by atoms with Crippen molar-refractivity contribution in [3.05, 3.63) is 0 Å². The largest absolute Gasteiger partial charge is 0.388 e. The zero-order valence-electron chi connectivity index (χ0n) is 11.4. The normalized spacial score (nSPS) is 55.4. The van der Waals surface area contributed by atoms with Crippen LogP contribution in [-0.4, -0.2) is 22.9 Å². The minimum absolute atomic E-state index is 0.0295. The van der Waals surface area contributed by atoms with Gasteiger partial charge in [0.05, 0.1) is 23.9 Å². The predicted molar refractivity (Wildman–Crippen MR) is 67.7 cm³/mol. The Kier molecular flexibility index (Phi) is 2.73. The van der Waals surface area contributed by atoms with E-state index in [2.05, 4.69) is 19.9 Å². The minimum atomic E-state index is -0.826. The average molecular weight is 249 g/mol. The molecular weight excluding hydrogens is 226 g/mol. The van der Waals surface area contributed by atoms with Crippen LogP contribution in [0.25, 0.3) is 0 Å². The number of nitriles is 1. The van der Waals surface area contributed by atoms with E-state index in [1.54, 1.807) is 0 Å². The summed E-state index contributed by atoms with van der Waals surface area (Å²) < 4.78 is 5.88. The highest BCUT2D eigenvalue weighted by atomic mass is 16.5. The lowest BCUT2D eigenvalue weighted by Gasteiger charge is -2.49. The summed E-state index contributed by atoms with van der Waals surface area (Å²) in [6.45, 7) is 4.45. The first-order chi connectivity index (χ1) is 8.51. The summed E-state index contributed by atoms with van der Waals surface area (Å²) in [5.41, 5.74) is -1.46. The first kappa shape index (κ1) is 12.4. The van der Waals surface area contributed by atoms with E-state index < -0.39 is 11.0 Å². The number of fused-ring (bicyclic) bond motifs is 2. The molecule has 0 radical (unpaired) electrons. The van der Waals surface area contributed by atoms with Crippen molar-refractivity contribution < 1.29 is 9.84 Å². The maximum Gasteiger partial charge on any atom is 0.114 e. The first-order valence-corrected chi connectivity index (χ1v) is 7.30. The van der Waals surface area contributed by atoms with Gasteiger partial charge in [-0.25, -0.2) is 0 Å². The van der Waals surface area contributed by atoms with Crippen LogP contribution in [0.1, 0.15) is 52.4 Å². The van der Waals surface area contributed by atoms with E-state index in [1.807, 2.05) is 0 Å². The maximum atomic E-state index is 11.1. The molecule has 3 rings (SSSR count). The molecule has 2 saturated heterocycles. The van der Waals surface area contributed by atoms with E-state index >= 15 is 0 Å². The topological polar surface area (TPSA) is 53.2 Å². The molecule has 1 N–H and O–H groups in total. The van der Waals surface area contributed by atoms with Gasteiger partial charge in [0.1, 0.15) is 5.41 Å². The number of nitrogens with zero attached hydrogens (tertiary/aromatic N) is 1. The Morgan fingerprint density at radius 1 is 1.17 bits per heavy atom. The Balaban J connectivity index is 1.90. The van der Waals surface area contributed by atoms with Crippen LogP contribution in [0.2, 0.25) is 0 Å². The molecule has 3 aliphatic rings. The molecule has 3 heteroatoms. The SMILES string of the molecule is CC1CCC(O)(C2(C#N)CC3CCC2O3)CC1C. The van der Waals surface area contributed by atoms with E-state index in [9.17, 15) is 10.4 Å². The van der Waals surface area contributed by atoms with Crippen molar-refractivity contribution in [2.75, 3.05) is 0 Å². The molecule has 1 saturated carbocycles. The average Bonchev–Trinajstić information content (AvgIpc) is 2.95. The third-order valence-corrected chi connectivity index (χ3v) is 5.88. The van der Waals surface area contributed by atoms with Crippen molar-refractivity contribution in [3.63, 3.8) is 0 Å². The van der Waals surface area contributed by atoms with Crippen LogP contribution in [0.5, 0.6) is 0 Å². The molecule has 100 valence electrons. The van der Waals surface area contributed by atoms with Crippen LogP contribution in [-0.2, 0) is 4.74 Å². The molecular formula is C15H23NO2.